The summed E-state index contributed by atoms with van der Waals surface area (Å²) >= 11 is 1.79. The molecule has 1 heterocycles. The van der Waals surface area contributed by atoms with Crippen LogP contribution in [0.25, 0.3) is 0 Å². The molecule has 0 radical (unpaired) electrons. The second kappa shape index (κ2) is 5.70. The van der Waals surface area contributed by atoms with Crippen molar-refractivity contribution in [3.8, 4) is 6.07 Å². The zero-order chi connectivity index (χ0) is 7.40. The third-order valence-electron chi connectivity index (χ3n) is 1.89. The van der Waals surface area contributed by atoms with Gasteiger partial charge in [0.05, 0.1) is 12.0 Å². The summed E-state index contributed by atoms with van der Waals surface area (Å²) < 4.78 is 0. The van der Waals surface area contributed by atoms with Crippen molar-refractivity contribution in [1.29, 1.82) is 5.26 Å². The Morgan fingerprint density at radius 2 is 2.36 bits per heavy atom. The largest absolute Gasteiger partial charge is 0.316 e. The van der Waals surface area contributed by atoms with Crippen molar-refractivity contribution in [3.63, 3.8) is 0 Å². The number of thioether (sulfide) groups is 1. The molecule has 0 aromatic rings. The summed E-state index contributed by atoms with van der Waals surface area (Å²) in [4.78, 5) is 0. The molecule has 4 heteroatoms. The van der Waals surface area contributed by atoms with Crippen LogP contribution in [-0.4, -0.2) is 24.6 Å². The second-order valence-electron chi connectivity index (χ2n) is 2.50. The minimum atomic E-state index is 0. The molecule has 0 aromatic heterocycles. The monoisotopic (exact) mass is 192 g/mol. The van der Waals surface area contributed by atoms with E-state index in [1.54, 1.807) is 11.8 Å². The predicted molar refractivity (Wildman–Crippen MR) is 51.1 cm³/mol. The molecule has 0 saturated carbocycles. The average Bonchev–Trinajstić information content (AvgIpc) is 2.04. The fourth-order valence-corrected chi connectivity index (χ4v) is 2.04. The van der Waals surface area contributed by atoms with E-state index in [0.717, 1.165) is 19.5 Å². The topological polar surface area (TPSA) is 35.8 Å². The first-order valence-electron chi connectivity index (χ1n) is 3.51. The van der Waals surface area contributed by atoms with Crippen LogP contribution in [0.15, 0.2) is 0 Å². The van der Waals surface area contributed by atoms with Crippen LogP contribution in [0.2, 0.25) is 0 Å². The van der Waals surface area contributed by atoms with Crippen molar-refractivity contribution in [1.82, 2.24) is 5.32 Å². The molecule has 11 heavy (non-hydrogen) atoms. The molecule has 0 amide bonds. The summed E-state index contributed by atoms with van der Waals surface area (Å²) in [6.45, 7) is 2.01. The fraction of sp³-hybridized carbons (Fsp3) is 0.857. The number of hydrogen-bond donors (Lipinski definition) is 1. The van der Waals surface area contributed by atoms with E-state index in [-0.39, 0.29) is 18.3 Å². The summed E-state index contributed by atoms with van der Waals surface area (Å²) in [5.74, 6) is 0.274. The minimum absolute atomic E-state index is 0. The van der Waals surface area contributed by atoms with Crippen molar-refractivity contribution in [3.05, 3.63) is 0 Å². The first kappa shape index (κ1) is 11.1. The zero-order valence-corrected chi connectivity index (χ0v) is 8.17. The van der Waals surface area contributed by atoms with E-state index in [1.807, 2.05) is 0 Å². The van der Waals surface area contributed by atoms with Gasteiger partial charge in [0.15, 0.2) is 0 Å². The predicted octanol–water partition coefficient (Wildman–Crippen LogP) is 1.27. The molecule has 1 saturated heterocycles. The first-order chi connectivity index (χ1) is 4.88. The maximum atomic E-state index is 8.70. The lowest BCUT2D eigenvalue weighted by Crippen LogP contribution is -2.37. The normalized spacial score (nSPS) is 30.2. The van der Waals surface area contributed by atoms with Crippen LogP contribution in [0.3, 0.4) is 0 Å². The Hall–Kier alpha value is 0.0900. The molecule has 1 N–H and O–H groups in total. The molecule has 0 aromatic carbocycles. The molecule has 1 fully saturated rings. The highest BCUT2D eigenvalue weighted by Gasteiger charge is 2.23. The average molecular weight is 193 g/mol. The molecular weight excluding hydrogens is 180 g/mol. The lowest BCUT2D eigenvalue weighted by molar-refractivity contribution is 0.457. The third kappa shape index (κ3) is 2.90. The Bertz CT molecular complexity index is 146. The highest BCUT2D eigenvalue weighted by Crippen LogP contribution is 2.21. The van der Waals surface area contributed by atoms with Gasteiger partial charge in [0.2, 0.25) is 0 Å². The van der Waals surface area contributed by atoms with Crippen LogP contribution in [0, 0.1) is 17.2 Å². The van der Waals surface area contributed by atoms with Gasteiger partial charge in [-0.25, -0.2) is 0 Å². The smallest absolute Gasteiger partial charge is 0.0668 e. The summed E-state index contributed by atoms with van der Waals surface area (Å²) in [6.07, 6.45) is 3.09. The van der Waals surface area contributed by atoms with E-state index >= 15 is 0 Å². The molecular formula is C7H13ClN2S. The standard InChI is InChI=1S/C7H12N2S.ClH/c1-10-7-5-9-3-2-6(7)4-8;/h6-7,9H,2-3,5H2,1H3;1H. The summed E-state index contributed by atoms with van der Waals surface area (Å²) in [6, 6.07) is 2.34. The Balaban J connectivity index is 0.000001000. The minimum Gasteiger partial charge on any atom is -0.316 e. The van der Waals surface area contributed by atoms with E-state index in [0.29, 0.717) is 5.25 Å². The van der Waals surface area contributed by atoms with Crippen LogP contribution >= 0.6 is 24.2 Å². The fourth-order valence-electron chi connectivity index (χ4n) is 1.23. The van der Waals surface area contributed by atoms with Crippen LogP contribution in [0.1, 0.15) is 6.42 Å². The van der Waals surface area contributed by atoms with Gasteiger partial charge in [0.1, 0.15) is 0 Å². The molecule has 0 aliphatic carbocycles. The highest BCUT2D eigenvalue weighted by atomic mass is 35.5. The van der Waals surface area contributed by atoms with E-state index in [9.17, 15) is 0 Å². The van der Waals surface area contributed by atoms with Gasteiger partial charge in [0, 0.05) is 11.8 Å². The van der Waals surface area contributed by atoms with Crippen LogP contribution in [0.4, 0.5) is 0 Å². The maximum Gasteiger partial charge on any atom is 0.0668 e. The SMILES string of the molecule is CSC1CNCCC1C#N.Cl. The lowest BCUT2D eigenvalue weighted by atomic mass is 10.00. The number of hydrogen-bond acceptors (Lipinski definition) is 3. The highest BCUT2D eigenvalue weighted by molar-refractivity contribution is 7.99. The van der Waals surface area contributed by atoms with Crippen molar-refractivity contribution in [2.75, 3.05) is 19.3 Å². The van der Waals surface area contributed by atoms with Gasteiger partial charge in [-0.1, -0.05) is 0 Å². The Kier molecular flexibility index (Phi) is 5.75. The lowest BCUT2D eigenvalue weighted by Gasteiger charge is -2.25. The van der Waals surface area contributed by atoms with Crippen molar-refractivity contribution >= 4 is 24.2 Å². The van der Waals surface area contributed by atoms with Crippen molar-refractivity contribution in [2.45, 2.75) is 11.7 Å². The zero-order valence-electron chi connectivity index (χ0n) is 6.54. The molecule has 2 unspecified atom stereocenters. The molecule has 1 rings (SSSR count). The molecule has 2 nitrogen and oxygen atoms in total. The number of rotatable bonds is 1. The van der Waals surface area contributed by atoms with Gasteiger partial charge in [-0.3, -0.25) is 0 Å². The van der Waals surface area contributed by atoms with E-state index < -0.39 is 0 Å². The Morgan fingerprint density at radius 3 is 2.82 bits per heavy atom. The van der Waals surface area contributed by atoms with Gasteiger partial charge in [-0.15, -0.1) is 12.4 Å². The third-order valence-corrected chi connectivity index (χ3v) is 3.00. The molecule has 0 spiro atoms. The molecule has 2 atom stereocenters. The van der Waals surface area contributed by atoms with Crippen molar-refractivity contribution in [2.24, 2.45) is 5.92 Å². The molecule has 64 valence electrons. The second-order valence-corrected chi connectivity index (χ2v) is 3.58. The number of nitrogens with one attached hydrogen (secondary N) is 1. The van der Waals surface area contributed by atoms with E-state index in [1.165, 1.54) is 0 Å². The molecule has 1 aliphatic rings. The number of nitrogens with zero attached hydrogens (tertiary/aromatic N) is 1. The number of piperidine rings is 1. The van der Waals surface area contributed by atoms with Gasteiger partial charge in [-0.05, 0) is 19.2 Å². The quantitative estimate of drug-likeness (QED) is 0.680. The molecule has 1 aliphatic heterocycles. The number of halogens is 1. The van der Waals surface area contributed by atoms with E-state index in [4.69, 9.17) is 5.26 Å². The van der Waals surface area contributed by atoms with E-state index in [2.05, 4.69) is 17.6 Å². The Labute approximate surface area is 78.1 Å². The van der Waals surface area contributed by atoms with Crippen molar-refractivity contribution < 1.29 is 0 Å². The van der Waals surface area contributed by atoms with Gasteiger partial charge in [0.25, 0.3) is 0 Å². The Morgan fingerprint density at radius 1 is 1.64 bits per heavy atom. The summed E-state index contributed by atoms with van der Waals surface area (Å²) in [5, 5.41) is 12.5. The van der Waals surface area contributed by atoms with Crippen LogP contribution in [0.5, 0.6) is 0 Å². The molecule has 0 bridgehead atoms. The van der Waals surface area contributed by atoms with Gasteiger partial charge in [-0.2, -0.15) is 17.0 Å². The summed E-state index contributed by atoms with van der Waals surface area (Å²) in [7, 11) is 0. The first-order valence-corrected chi connectivity index (χ1v) is 4.80. The number of nitriles is 1. The van der Waals surface area contributed by atoms with Crippen LogP contribution < -0.4 is 5.32 Å². The summed E-state index contributed by atoms with van der Waals surface area (Å²) in [5.41, 5.74) is 0. The van der Waals surface area contributed by atoms with Crippen LogP contribution in [-0.2, 0) is 0 Å². The van der Waals surface area contributed by atoms with Gasteiger partial charge < -0.3 is 5.32 Å². The maximum absolute atomic E-state index is 8.70. The van der Waals surface area contributed by atoms with Gasteiger partial charge >= 0.3 is 0 Å².